The first-order valence-electron chi connectivity index (χ1n) is 5.00. The van der Waals surface area contributed by atoms with Crippen LogP contribution in [0.1, 0.15) is 39.5 Å². The van der Waals surface area contributed by atoms with E-state index in [4.69, 9.17) is 5.73 Å². The summed E-state index contributed by atoms with van der Waals surface area (Å²) in [5, 5.41) is 3.34. The van der Waals surface area contributed by atoms with Gasteiger partial charge in [0.1, 0.15) is 0 Å². The number of nitrogens with two attached hydrogens (primary N) is 1. The Morgan fingerprint density at radius 2 is 1.67 bits per heavy atom. The third-order valence-electron chi connectivity index (χ3n) is 3.19. The molecule has 1 fully saturated rings. The van der Waals surface area contributed by atoms with Crippen LogP contribution in [-0.2, 0) is 0 Å². The maximum Gasteiger partial charge on any atom is 0.0125 e. The second-order valence-electron chi connectivity index (χ2n) is 4.66. The van der Waals surface area contributed by atoms with Crippen LogP contribution in [0.3, 0.4) is 0 Å². The maximum absolute atomic E-state index is 6.08. The Labute approximate surface area is 75.9 Å². The molecule has 1 aliphatic carbocycles. The third kappa shape index (κ3) is 2.46. The van der Waals surface area contributed by atoms with Crippen LogP contribution in [0.25, 0.3) is 0 Å². The van der Waals surface area contributed by atoms with Crippen molar-refractivity contribution in [3.8, 4) is 0 Å². The molecule has 0 heterocycles. The first-order chi connectivity index (χ1) is 5.54. The first-order valence-corrected chi connectivity index (χ1v) is 5.00. The van der Waals surface area contributed by atoms with Gasteiger partial charge in [0.05, 0.1) is 0 Å². The van der Waals surface area contributed by atoms with Crippen molar-refractivity contribution >= 4 is 0 Å². The topological polar surface area (TPSA) is 38.0 Å². The molecule has 2 heteroatoms. The molecule has 0 bridgehead atoms. The Morgan fingerprint density at radius 3 is 2.00 bits per heavy atom. The number of hydrogen-bond acceptors (Lipinski definition) is 2. The highest BCUT2D eigenvalue weighted by molar-refractivity contribution is 4.87. The Bertz CT molecular complexity index is 129. The number of rotatable bonds is 2. The SMILES string of the molecule is CNC1CCC(C(C)(C)N)CC1. The quantitative estimate of drug-likeness (QED) is 0.659. The van der Waals surface area contributed by atoms with Gasteiger partial charge < -0.3 is 11.1 Å². The molecule has 72 valence electrons. The van der Waals surface area contributed by atoms with Crippen LogP contribution in [-0.4, -0.2) is 18.6 Å². The van der Waals surface area contributed by atoms with Crippen molar-refractivity contribution in [2.24, 2.45) is 11.7 Å². The van der Waals surface area contributed by atoms with Crippen molar-refractivity contribution in [1.29, 1.82) is 0 Å². The van der Waals surface area contributed by atoms with Crippen LogP contribution in [0.15, 0.2) is 0 Å². The highest BCUT2D eigenvalue weighted by Crippen LogP contribution is 2.30. The second kappa shape index (κ2) is 3.75. The van der Waals surface area contributed by atoms with E-state index in [-0.39, 0.29) is 5.54 Å². The molecule has 0 spiro atoms. The van der Waals surface area contributed by atoms with Gasteiger partial charge in [-0.3, -0.25) is 0 Å². The Balaban J connectivity index is 2.36. The Kier molecular flexibility index (Phi) is 3.13. The van der Waals surface area contributed by atoms with Gasteiger partial charge >= 0.3 is 0 Å². The molecule has 0 aromatic rings. The molecule has 1 saturated carbocycles. The summed E-state index contributed by atoms with van der Waals surface area (Å²) in [6, 6.07) is 0.739. The summed E-state index contributed by atoms with van der Waals surface area (Å²) in [6.45, 7) is 4.30. The fourth-order valence-corrected chi connectivity index (χ4v) is 2.13. The lowest BCUT2D eigenvalue weighted by molar-refractivity contribution is 0.214. The van der Waals surface area contributed by atoms with Crippen LogP contribution in [0.4, 0.5) is 0 Å². The molecule has 0 aliphatic heterocycles. The zero-order chi connectivity index (χ0) is 9.19. The Hall–Kier alpha value is -0.0800. The minimum atomic E-state index is 0.0265. The lowest BCUT2D eigenvalue weighted by Gasteiger charge is -2.36. The van der Waals surface area contributed by atoms with Gasteiger partial charge in [0, 0.05) is 11.6 Å². The van der Waals surface area contributed by atoms with E-state index in [1.807, 2.05) is 0 Å². The molecule has 0 amide bonds. The minimum Gasteiger partial charge on any atom is -0.325 e. The number of hydrogen-bond donors (Lipinski definition) is 2. The Morgan fingerprint density at radius 1 is 1.17 bits per heavy atom. The van der Waals surface area contributed by atoms with E-state index in [0.717, 1.165) is 12.0 Å². The van der Waals surface area contributed by atoms with Crippen molar-refractivity contribution in [3.05, 3.63) is 0 Å². The molecular formula is C10H22N2. The summed E-state index contributed by atoms with van der Waals surface area (Å²) < 4.78 is 0. The van der Waals surface area contributed by atoms with Gasteiger partial charge in [-0.25, -0.2) is 0 Å². The van der Waals surface area contributed by atoms with Crippen molar-refractivity contribution in [3.63, 3.8) is 0 Å². The molecular weight excluding hydrogens is 148 g/mol. The summed E-state index contributed by atoms with van der Waals surface area (Å²) in [5.41, 5.74) is 6.10. The summed E-state index contributed by atoms with van der Waals surface area (Å²) >= 11 is 0. The second-order valence-corrected chi connectivity index (χ2v) is 4.66. The van der Waals surface area contributed by atoms with E-state index >= 15 is 0 Å². The molecule has 0 aromatic heterocycles. The van der Waals surface area contributed by atoms with Crippen molar-refractivity contribution in [2.75, 3.05) is 7.05 Å². The predicted octanol–water partition coefficient (Wildman–Crippen LogP) is 1.50. The van der Waals surface area contributed by atoms with Crippen molar-refractivity contribution < 1.29 is 0 Å². The average molecular weight is 170 g/mol. The van der Waals surface area contributed by atoms with Crippen LogP contribution in [0, 0.1) is 5.92 Å². The lowest BCUT2D eigenvalue weighted by Crippen LogP contribution is -2.44. The van der Waals surface area contributed by atoms with Crippen LogP contribution in [0.2, 0.25) is 0 Å². The monoisotopic (exact) mass is 170 g/mol. The van der Waals surface area contributed by atoms with Gasteiger partial charge in [0.15, 0.2) is 0 Å². The van der Waals surface area contributed by atoms with Crippen LogP contribution >= 0.6 is 0 Å². The molecule has 0 unspecified atom stereocenters. The zero-order valence-electron chi connectivity index (χ0n) is 8.56. The average Bonchev–Trinajstić information content (AvgIpc) is 2.03. The highest BCUT2D eigenvalue weighted by atomic mass is 14.9. The fourth-order valence-electron chi connectivity index (χ4n) is 2.13. The standard InChI is InChI=1S/C10H22N2/c1-10(2,11)8-4-6-9(12-3)7-5-8/h8-9,12H,4-7,11H2,1-3H3. The number of nitrogens with one attached hydrogen (secondary N) is 1. The molecule has 12 heavy (non-hydrogen) atoms. The molecule has 1 rings (SSSR count). The normalized spacial score (nSPS) is 32.0. The summed E-state index contributed by atoms with van der Waals surface area (Å²) in [5.74, 6) is 0.724. The molecule has 3 N–H and O–H groups in total. The van der Waals surface area contributed by atoms with Gasteiger partial charge in [-0.1, -0.05) is 0 Å². The minimum absolute atomic E-state index is 0.0265. The molecule has 0 saturated heterocycles. The molecule has 1 aliphatic rings. The fraction of sp³-hybridized carbons (Fsp3) is 1.00. The van der Waals surface area contributed by atoms with Crippen LogP contribution < -0.4 is 11.1 Å². The molecule has 0 radical (unpaired) electrons. The van der Waals surface area contributed by atoms with Crippen molar-refractivity contribution in [1.82, 2.24) is 5.32 Å². The lowest BCUT2D eigenvalue weighted by atomic mass is 9.76. The van der Waals surface area contributed by atoms with Gasteiger partial charge in [0.25, 0.3) is 0 Å². The van der Waals surface area contributed by atoms with E-state index in [9.17, 15) is 0 Å². The first kappa shape index (κ1) is 10.0. The summed E-state index contributed by atoms with van der Waals surface area (Å²) in [7, 11) is 2.05. The third-order valence-corrected chi connectivity index (χ3v) is 3.19. The molecule has 2 nitrogen and oxygen atoms in total. The van der Waals surface area contributed by atoms with Gasteiger partial charge in [-0.05, 0) is 52.5 Å². The van der Waals surface area contributed by atoms with E-state index < -0.39 is 0 Å². The van der Waals surface area contributed by atoms with E-state index in [2.05, 4.69) is 26.2 Å². The van der Waals surface area contributed by atoms with Gasteiger partial charge in [-0.15, -0.1) is 0 Å². The largest absolute Gasteiger partial charge is 0.325 e. The molecule has 0 aromatic carbocycles. The van der Waals surface area contributed by atoms with Gasteiger partial charge in [-0.2, -0.15) is 0 Å². The van der Waals surface area contributed by atoms with Crippen LogP contribution in [0.5, 0.6) is 0 Å². The predicted molar refractivity (Wildman–Crippen MR) is 53.1 cm³/mol. The maximum atomic E-state index is 6.08. The summed E-state index contributed by atoms with van der Waals surface area (Å²) in [6.07, 6.45) is 5.16. The van der Waals surface area contributed by atoms with E-state index in [1.54, 1.807) is 0 Å². The smallest absolute Gasteiger partial charge is 0.0125 e. The van der Waals surface area contributed by atoms with E-state index in [0.29, 0.717) is 0 Å². The van der Waals surface area contributed by atoms with Gasteiger partial charge in [0.2, 0.25) is 0 Å². The zero-order valence-corrected chi connectivity index (χ0v) is 8.56. The van der Waals surface area contributed by atoms with E-state index in [1.165, 1.54) is 25.7 Å². The summed E-state index contributed by atoms with van der Waals surface area (Å²) in [4.78, 5) is 0. The highest BCUT2D eigenvalue weighted by Gasteiger charge is 2.29. The molecule has 0 atom stereocenters. The van der Waals surface area contributed by atoms with Crippen molar-refractivity contribution in [2.45, 2.75) is 51.1 Å².